The Morgan fingerprint density at radius 1 is 1.56 bits per heavy atom. The number of esters is 1. The Balaban J connectivity index is 3.01. The molecule has 6 heteroatoms. The molecule has 0 bridgehead atoms. The van der Waals surface area contributed by atoms with Crippen LogP contribution < -0.4 is 5.32 Å². The highest BCUT2D eigenvalue weighted by atomic mass is 32.2. The Bertz CT molecular complexity index is 447. The predicted octanol–water partition coefficient (Wildman–Crippen LogP) is 2.21. The molecule has 1 rings (SSSR count). The van der Waals surface area contributed by atoms with E-state index in [-0.39, 0.29) is 6.04 Å². The van der Waals surface area contributed by atoms with E-state index in [9.17, 15) is 4.79 Å². The van der Waals surface area contributed by atoms with E-state index >= 15 is 0 Å². The summed E-state index contributed by atoms with van der Waals surface area (Å²) in [6.07, 6.45) is 6.59. The van der Waals surface area contributed by atoms with Crippen molar-refractivity contribution in [3.63, 3.8) is 0 Å². The van der Waals surface area contributed by atoms with Gasteiger partial charge < -0.3 is 10.1 Å². The van der Waals surface area contributed by atoms with Crippen molar-refractivity contribution in [2.45, 2.75) is 25.0 Å². The molecule has 0 atom stereocenters. The minimum atomic E-state index is -0.403. The van der Waals surface area contributed by atoms with Crippen LogP contribution in [-0.2, 0) is 9.53 Å². The van der Waals surface area contributed by atoms with Crippen molar-refractivity contribution in [2.75, 3.05) is 18.7 Å². The van der Waals surface area contributed by atoms with E-state index in [1.807, 2.05) is 20.1 Å². The maximum Gasteiger partial charge on any atom is 0.330 e. The van der Waals surface area contributed by atoms with Crippen LogP contribution in [0.3, 0.4) is 0 Å². The summed E-state index contributed by atoms with van der Waals surface area (Å²) in [6, 6.07) is 0.250. The van der Waals surface area contributed by atoms with Gasteiger partial charge in [0.15, 0.2) is 5.16 Å². The highest BCUT2D eigenvalue weighted by molar-refractivity contribution is 7.98. The molecule has 1 aromatic heterocycles. The molecule has 1 heterocycles. The van der Waals surface area contributed by atoms with Gasteiger partial charge in [-0.15, -0.1) is 0 Å². The molecule has 0 unspecified atom stereocenters. The Labute approximate surface area is 111 Å². The first-order valence-corrected chi connectivity index (χ1v) is 6.73. The fraction of sp³-hybridized carbons (Fsp3) is 0.417. The van der Waals surface area contributed by atoms with Crippen LogP contribution in [0.2, 0.25) is 0 Å². The molecule has 0 saturated heterocycles. The Kier molecular flexibility index (Phi) is 5.64. The van der Waals surface area contributed by atoms with Crippen LogP contribution in [0.25, 0.3) is 6.08 Å². The molecular weight excluding hydrogens is 250 g/mol. The van der Waals surface area contributed by atoms with E-state index in [1.54, 1.807) is 12.3 Å². The summed E-state index contributed by atoms with van der Waals surface area (Å²) in [5.41, 5.74) is 0.756. The van der Waals surface area contributed by atoms with Crippen molar-refractivity contribution in [1.82, 2.24) is 9.97 Å². The first-order valence-electron chi connectivity index (χ1n) is 5.50. The third-order valence-electron chi connectivity index (χ3n) is 2.00. The van der Waals surface area contributed by atoms with Gasteiger partial charge in [0.25, 0.3) is 0 Å². The Morgan fingerprint density at radius 2 is 2.28 bits per heavy atom. The maximum atomic E-state index is 11.1. The first kappa shape index (κ1) is 14.5. The van der Waals surface area contributed by atoms with Crippen molar-refractivity contribution >= 4 is 29.6 Å². The molecule has 1 N–H and O–H groups in total. The number of ether oxygens (including phenoxy) is 1. The molecule has 0 saturated carbocycles. The predicted molar refractivity (Wildman–Crippen MR) is 73.6 cm³/mol. The van der Waals surface area contributed by atoms with Gasteiger partial charge >= 0.3 is 5.97 Å². The monoisotopic (exact) mass is 267 g/mol. The molecule has 0 radical (unpaired) electrons. The fourth-order valence-electron chi connectivity index (χ4n) is 1.21. The molecule has 0 spiro atoms. The van der Waals surface area contributed by atoms with Gasteiger partial charge in [0.1, 0.15) is 5.82 Å². The van der Waals surface area contributed by atoms with E-state index < -0.39 is 5.97 Å². The van der Waals surface area contributed by atoms with Gasteiger partial charge in [0, 0.05) is 23.9 Å². The zero-order valence-corrected chi connectivity index (χ0v) is 11.7. The molecule has 98 valence electrons. The average molecular weight is 267 g/mol. The summed E-state index contributed by atoms with van der Waals surface area (Å²) in [5, 5.41) is 3.91. The number of anilines is 1. The Morgan fingerprint density at radius 3 is 2.83 bits per heavy atom. The molecule has 0 aliphatic heterocycles. The lowest BCUT2D eigenvalue weighted by Crippen LogP contribution is -2.13. The standard InChI is InChI=1S/C12H17N3O2S/c1-8(2)14-11-9(5-6-10(16)17-3)7-13-12(15-11)18-4/h5-8H,1-4H3,(H,13,14,15)/b6-5+. The second-order valence-electron chi connectivity index (χ2n) is 3.82. The number of carbonyl (C=O) groups excluding carboxylic acids is 1. The number of rotatable bonds is 5. The summed E-state index contributed by atoms with van der Waals surface area (Å²) < 4.78 is 4.55. The average Bonchev–Trinajstić information content (AvgIpc) is 2.36. The number of carbonyl (C=O) groups is 1. The van der Waals surface area contributed by atoms with E-state index in [0.717, 1.165) is 5.56 Å². The number of nitrogens with one attached hydrogen (secondary N) is 1. The van der Waals surface area contributed by atoms with E-state index in [2.05, 4.69) is 20.0 Å². The lowest BCUT2D eigenvalue weighted by molar-refractivity contribution is -0.134. The lowest BCUT2D eigenvalue weighted by atomic mass is 10.2. The summed E-state index contributed by atoms with van der Waals surface area (Å²) in [6.45, 7) is 4.04. The van der Waals surface area contributed by atoms with Gasteiger partial charge in [0.2, 0.25) is 0 Å². The highest BCUT2D eigenvalue weighted by Crippen LogP contribution is 2.18. The van der Waals surface area contributed by atoms with Crippen LogP contribution in [-0.4, -0.2) is 35.3 Å². The zero-order valence-electron chi connectivity index (χ0n) is 10.9. The number of thioether (sulfide) groups is 1. The van der Waals surface area contributed by atoms with Gasteiger partial charge in [-0.3, -0.25) is 0 Å². The van der Waals surface area contributed by atoms with E-state index in [1.165, 1.54) is 24.9 Å². The number of hydrogen-bond donors (Lipinski definition) is 1. The van der Waals surface area contributed by atoms with Crippen molar-refractivity contribution in [1.29, 1.82) is 0 Å². The van der Waals surface area contributed by atoms with Crippen LogP contribution in [0.15, 0.2) is 17.4 Å². The van der Waals surface area contributed by atoms with Crippen LogP contribution >= 0.6 is 11.8 Å². The molecule has 0 aromatic carbocycles. The quantitative estimate of drug-likeness (QED) is 0.382. The molecular formula is C12H17N3O2S. The molecule has 18 heavy (non-hydrogen) atoms. The van der Waals surface area contributed by atoms with Crippen molar-refractivity contribution in [2.24, 2.45) is 0 Å². The SMILES string of the molecule is COC(=O)/C=C/c1cnc(SC)nc1NC(C)C. The van der Waals surface area contributed by atoms with Crippen LogP contribution in [0.1, 0.15) is 19.4 Å². The lowest BCUT2D eigenvalue weighted by Gasteiger charge is -2.12. The molecule has 1 aromatic rings. The van der Waals surface area contributed by atoms with Crippen LogP contribution in [0, 0.1) is 0 Å². The van der Waals surface area contributed by atoms with Gasteiger partial charge in [-0.25, -0.2) is 14.8 Å². The fourth-order valence-corrected chi connectivity index (χ4v) is 1.55. The van der Waals surface area contributed by atoms with Gasteiger partial charge in [-0.1, -0.05) is 11.8 Å². The second kappa shape index (κ2) is 7.00. The van der Waals surface area contributed by atoms with Gasteiger partial charge in [-0.2, -0.15) is 0 Å². The maximum absolute atomic E-state index is 11.1. The molecule has 0 aliphatic carbocycles. The summed E-state index contributed by atoms with van der Waals surface area (Å²) in [5.74, 6) is 0.309. The normalized spacial score (nSPS) is 10.9. The number of methoxy groups -OCH3 is 1. The van der Waals surface area contributed by atoms with Crippen molar-refractivity contribution in [3.05, 3.63) is 17.8 Å². The van der Waals surface area contributed by atoms with Crippen LogP contribution in [0.4, 0.5) is 5.82 Å². The number of aromatic nitrogens is 2. The largest absolute Gasteiger partial charge is 0.466 e. The minimum Gasteiger partial charge on any atom is -0.466 e. The number of nitrogens with zero attached hydrogens (tertiary/aromatic N) is 2. The van der Waals surface area contributed by atoms with E-state index in [0.29, 0.717) is 11.0 Å². The second-order valence-corrected chi connectivity index (χ2v) is 4.59. The molecule has 0 aliphatic rings. The summed E-state index contributed by atoms with van der Waals surface area (Å²) in [4.78, 5) is 19.6. The van der Waals surface area contributed by atoms with Crippen molar-refractivity contribution in [3.8, 4) is 0 Å². The van der Waals surface area contributed by atoms with E-state index in [4.69, 9.17) is 0 Å². The zero-order chi connectivity index (χ0) is 13.5. The van der Waals surface area contributed by atoms with Gasteiger partial charge in [0.05, 0.1) is 7.11 Å². The Hall–Kier alpha value is -1.56. The molecule has 5 nitrogen and oxygen atoms in total. The summed E-state index contributed by atoms with van der Waals surface area (Å²) in [7, 11) is 1.34. The molecule has 0 fully saturated rings. The molecule has 0 amide bonds. The van der Waals surface area contributed by atoms with Crippen LogP contribution in [0.5, 0.6) is 0 Å². The third kappa shape index (κ3) is 4.37. The van der Waals surface area contributed by atoms with Crippen molar-refractivity contribution < 1.29 is 9.53 Å². The van der Waals surface area contributed by atoms with Gasteiger partial charge in [-0.05, 0) is 26.2 Å². The minimum absolute atomic E-state index is 0.250. The number of hydrogen-bond acceptors (Lipinski definition) is 6. The third-order valence-corrected chi connectivity index (χ3v) is 2.56. The topological polar surface area (TPSA) is 64.1 Å². The highest BCUT2D eigenvalue weighted by Gasteiger charge is 2.06. The summed E-state index contributed by atoms with van der Waals surface area (Å²) >= 11 is 1.47. The first-order chi connectivity index (χ1) is 8.56. The smallest absolute Gasteiger partial charge is 0.330 e.